The zero-order valence-electron chi connectivity index (χ0n) is 44.6. The van der Waals surface area contributed by atoms with Crippen LogP contribution in [0.5, 0.6) is 0 Å². The maximum absolute atomic E-state index is 12.8. The summed E-state index contributed by atoms with van der Waals surface area (Å²) in [6.07, 6.45) is 55.2. The van der Waals surface area contributed by atoms with Crippen LogP contribution < -0.4 is 0 Å². The smallest absolute Gasteiger partial charge is 0.306 e. The van der Waals surface area contributed by atoms with E-state index in [2.05, 4.69) is 34.6 Å². The predicted octanol–water partition coefficient (Wildman–Crippen LogP) is 19.3. The van der Waals surface area contributed by atoms with Crippen molar-refractivity contribution in [3.05, 3.63) is 0 Å². The van der Waals surface area contributed by atoms with Gasteiger partial charge in [-0.15, -0.1) is 0 Å². The number of ether oxygens (including phenoxy) is 3. The van der Waals surface area contributed by atoms with Gasteiger partial charge in [-0.1, -0.05) is 291 Å². The first-order valence-corrected chi connectivity index (χ1v) is 29.3. The van der Waals surface area contributed by atoms with Gasteiger partial charge in [-0.25, -0.2) is 0 Å². The van der Waals surface area contributed by atoms with E-state index in [-0.39, 0.29) is 31.1 Å². The third-order valence-corrected chi connectivity index (χ3v) is 13.8. The zero-order chi connectivity index (χ0) is 47.5. The maximum Gasteiger partial charge on any atom is 0.306 e. The molecule has 0 heterocycles. The Bertz CT molecular complexity index is 995. The molecule has 0 fully saturated rings. The van der Waals surface area contributed by atoms with Crippen molar-refractivity contribution in [1.29, 1.82) is 0 Å². The standard InChI is InChI=1S/C59H114O6/c1-6-8-9-10-11-12-13-14-15-16-17-21-24-29-34-39-44-49-57(60)63-52-56(65-59(62)51-46-41-36-31-26-27-32-37-42-47-54(3)4)53-64-58(61)50-45-40-35-30-25-22-19-18-20-23-28-33-38-43-48-55(5)7-2/h54-56H,6-53H2,1-5H3/t55?,56-/m1/s1. The van der Waals surface area contributed by atoms with Gasteiger partial charge in [0.15, 0.2) is 6.10 Å². The van der Waals surface area contributed by atoms with E-state index in [1.54, 1.807) is 0 Å². The molecule has 0 spiro atoms. The van der Waals surface area contributed by atoms with Gasteiger partial charge >= 0.3 is 17.9 Å². The highest BCUT2D eigenvalue weighted by atomic mass is 16.6. The minimum atomic E-state index is -0.763. The number of unbranched alkanes of at least 4 members (excludes halogenated alkanes) is 37. The minimum absolute atomic E-state index is 0.0630. The molecule has 65 heavy (non-hydrogen) atoms. The van der Waals surface area contributed by atoms with Crippen LogP contribution in [0.3, 0.4) is 0 Å². The van der Waals surface area contributed by atoms with Crippen molar-refractivity contribution in [2.24, 2.45) is 11.8 Å². The summed E-state index contributed by atoms with van der Waals surface area (Å²) in [4.78, 5) is 38.1. The molecular weight excluding hydrogens is 805 g/mol. The first kappa shape index (κ1) is 63.4. The summed E-state index contributed by atoms with van der Waals surface area (Å²) in [5.41, 5.74) is 0. The second kappa shape index (κ2) is 51.8. The van der Waals surface area contributed by atoms with Crippen molar-refractivity contribution in [1.82, 2.24) is 0 Å². The van der Waals surface area contributed by atoms with Crippen LogP contribution >= 0.6 is 0 Å². The van der Waals surface area contributed by atoms with E-state index in [4.69, 9.17) is 14.2 Å². The summed E-state index contributed by atoms with van der Waals surface area (Å²) in [6, 6.07) is 0. The van der Waals surface area contributed by atoms with Crippen LogP contribution in [0, 0.1) is 11.8 Å². The molecule has 0 bridgehead atoms. The highest BCUT2D eigenvalue weighted by Gasteiger charge is 2.19. The molecule has 0 aliphatic heterocycles. The van der Waals surface area contributed by atoms with E-state index in [0.717, 1.165) is 69.6 Å². The second-order valence-electron chi connectivity index (χ2n) is 21.0. The van der Waals surface area contributed by atoms with E-state index in [0.29, 0.717) is 19.3 Å². The Morgan fingerprint density at radius 2 is 0.585 bits per heavy atom. The number of rotatable bonds is 53. The third kappa shape index (κ3) is 51.6. The normalized spacial score (nSPS) is 12.5. The van der Waals surface area contributed by atoms with Gasteiger partial charge in [0.05, 0.1) is 0 Å². The number of carbonyl (C=O) groups excluding carboxylic acids is 3. The average Bonchev–Trinajstić information content (AvgIpc) is 3.29. The fourth-order valence-electron chi connectivity index (χ4n) is 9.02. The first-order valence-electron chi connectivity index (χ1n) is 29.3. The molecule has 0 N–H and O–H groups in total. The number of hydrogen-bond acceptors (Lipinski definition) is 6. The van der Waals surface area contributed by atoms with Crippen LogP contribution in [0.25, 0.3) is 0 Å². The molecule has 6 heteroatoms. The maximum atomic E-state index is 12.8. The SMILES string of the molecule is CCCCCCCCCCCCCCCCCCCC(=O)OC[C@H](COC(=O)CCCCCCCCCCCCCCCCC(C)CC)OC(=O)CCCCCCCCCCCC(C)C. The summed E-state index contributed by atoms with van der Waals surface area (Å²) >= 11 is 0. The number of carbonyl (C=O) groups is 3. The highest BCUT2D eigenvalue weighted by Crippen LogP contribution is 2.19. The van der Waals surface area contributed by atoms with Gasteiger partial charge in [-0.05, 0) is 31.1 Å². The highest BCUT2D eigenvalue weighted by molar-refractivity contribution is 5.71. The molecule has 1 unspecified atom stereocenters. The van der Waals surface area contributed by atoms with Gasteiger partial charge in [-0.3, -0.25) is 14.4 Å². The quantitative estimate of drug-likeness (QED) is 0.0344. The summed E-state index contributed by atoms with van der Waals surface area (Å²) in [5.74, 6) is 0.861. The van der Waals surface area contributed by atoms with Crippen molar-refractivity contribution >= 4 is 17.9 Å². The molecule has 386 valence electrons. The molecule has 0 rings (SSSR count). The molecule has 0 aliphatic rings. The van der Waals surface area contributed by atoms with Crippen LogP contribution in [0.1, 0.15) is 330 Å². The number of hydrogen-bond donors (Lipinski definition) is 0. The summed E-state index contributed by atoms with van der Waals surface area (Å²) < 4.78 is 16.9. The minimum Gasteiger partial charge on any atom is -0.462 e. The van der Waals surface area contributed by atoms with Crippen molar-refractivity contribution < 1.29 is 28.6 Å². The zero-order valence-corrected chi connectivity index (χ0v) is 44.6. The molecule has 0 saturated heterocycles. The van der Waals surface area contributed by atoms with Crippen LogP contribution in [0.2, 0.25) is 0 Å². The van der Waals surface area contributed by atoms with Gasteiger partial charge in [0.2, 0.25) is 0 Å². The van der Waals surface area contributed by atoms with Crippen LogP contribution in [-0.4, -0.2) is 37.2 Å². The Kier molecular flexibility index (Phi) is 50.5. The lowest BCUT2D eigenvalue weighted by Crippen LogP contribution is -2.30. The average molecular weight is 920 g/mol. The van der Waals surface area contributed by atoms with E-state index < -0.39 is 6.10 Å². The summed E-state index contributed by atoms with van der Waals surface area (Å²) in [6.45, 7) is 11.4. The molecule has 6 nitrogen and oxygen atoms in total. The Morgan fingerprint density at radius 1 is 0.323 bits per heavy atom. The first-order chi connectivity index (χ1) is 31.8. The van der Waals surface area contributed by atoms with E-state index in [9.17, 15) is 14.4 Å². The van der Waals surface area contributed by atoms with E-state index in [1.165, 1.54) is 218 Å². The Hall–Kier alpha value is -1.59. The lowest BCUT2D eigenvalue weighted by Gasteiger charge is -2.18. The van der Waals surface area contributed by atoms with Gasteiger partial charge in [0, 0.05) is 19.3 Å². The van der Waals surface area contributed by atoms with Crippen molar-refractivity contribution in [2.75, 3.05) is 13.2 Å². The van der Waals surface area contributed by atoms with Crippen LogP contribution in [0.15, 0.2) is 0 Å². The van der Waals surface area contributed by atoms with Gasteiger partial charge in [0.25, 0.3) is 0 Å². The van der Waals surface area contributed by atoms with Gasteiger partial charge < -0.3 is 14.2 Å². The molecular formula is C59H114O6. The topological polar surface area (TPSA) is 78.9 Å². The fraction of sp³-hybridized carbons (Fsp3) is 0.949. The molecule has 0 saturated carbocycles. The molecule has 0 aromatic heterocycles. The van der Waals surface area contributed by atoms with Gasteiger partial charge in [-0.2, -0.15) is 0 Å². The number of esters is 3. The fourth-order valence-corrected chi connectivity index (χ4v) is 9.02. The Morgan fingerprint density at radius 3 is 0.877 bits per heavy atom. The predicted molar refractivity (Wildman–Crippen MR) is 280 cm³/mol. The molecule has 0 aromatic rings. The Balaban J connectivity index is 4.26. The third-order valence-electron chi connectivity index (χ3n) is 13.8. The molecule has 0 radical (unpaired) electrons. The molecule has 0 aliphatic carbocycles. The second-order valence-corrected chi connectivity index (χ2v) is 21.0. The van der Waals surface area contributed by atoms with E-state index in [1.807, 2.05) is 0 Å². The molecule has 0 aromatic carbocycles. The largest absolute Gasteiger partial charge is 0.462 e. The lowest BCUT2D eigenvalue weighted by molar-refractivity contribution is -0.167. The lowest BCUT2D eigenvalue weighted by atomic mass is 9.99. The van der Waals surface area contributed by atoms with Crippen molar-refractivity contribution in [2.45, 2.75) is 336 Å². The van der Waals surface area contributed by atoms with Crippen molar-refractivity contribution in [3.63, 3.8) is 0 Å². The van der Waals surface area contributed by atoms with Crippen LogP contribution in [-0.2, 0) is 28.6 Å². The monoisotopic (exact) mass is 919 g/mol. The van der Waals surface area contributed by atoms with Gasteiger partial charge in [0.1, 0.15) is 13.2 Å². The molecule has 0 amide bonds. The Labute approximate surface area is 406 Å². The summed E-state index contributed by atoms with van der Waals surface area (Å²) in [5, 5.41) is 0. The van der Waals surface area contributed by atoms with E-state index >= 15 is 0 Å². The molecule has 2 atom stereocenters. The summed E-state index contributed by atoms with van der Waals surface area (Å²) in [7, 11) is 0. The van der Waals surface area contributed by atoms with Crippen molar-refractivity contribution in [3.8, 4) is 0 Å². The van der Waals surface area contributed by atoms with Crippen LogP contribution in [0.4, 0.5) is 0 Å².